The maximum atomic E-state index is 14.2. The van der Waals surface area contributed by atoms with Gasteiger partial charge in [-0.15, -0.1) is 0 Å². The van der Waals surface area contributed by atoms with E-state index in [1.165, 1.54) is 24.0 Å². The van der Waals surface area contributed by atoms with Crippen molar-refractivity contribution in [1.82, 2.24) is 26.0 Å². The van der Waals surface area contributed by atoms with E-state index < -0.39 is 95.5 Å². The van der Waals surface area contributed by atoms with Crippen LogP contribution in [0.1, 0.15) is 85.1 Å². The summed E-state index contributed by atoms with van der Waals surface area (Å²) in [6.07, 6.45) is 2.71. The first kappa shape index (κ1) is 51.1. The lowest BCUT2D eigenvalue weighted by molar-refractivity contribution is -0.139. The van der Waals surface area contributed by atoms with Crippen LogP contribution < -0.4 is 39.0 Å². The number of aromatic hydroxyl groups is 1. The zero-order valence-electron chi connectivity index (χ0n) is 35.7. The summed E-state index contributed by atoms with van der Waals surface area (Å²) < 4.78 is 0. The fraction of sp³-hybridized carbons (Fsp3) is 0.585. The van der Waals surface area contributed by atoms with E-state index in [2.05, 4.69) is 21.1 Å². The van der Waals surface area contributed by atoms with Crippen LogP contribution >= 0.6 is 0 Å². The largest absolute Gasteiger partial charge is 0.508 e. The molecule has 0 fully saturated rings. The molecule has 338 valence electrons. The van der Waals surface area contributed by atoms with Crippen molar-refractivity contribution in [3.8, 4) is 5.75 Å². The van der Waals surface area contributed by atoms with Crippen LogP contribution in [0.15, 0.2) is 41.4 Å². The van der Waals surface area contributed by atoms with Crippen LogP contribution in [-0.4, -0.2) is 117 Å². The number of nitrogens with one attached hydrogen (secondary N) is 3. The number of phenols is 1. The molecule has 1 aromatic carbocycles. The summed E-state index contributed by atoms with van der Waals surface area (Å²) in [4.78, 5) is 111. The molecule has 6 amide bonds. The molecule has 0 radical (unpaired) electrons. The number of carboxylic acid groups (broad SMARTS) is 1. The maximum absolute atomic E-state index is 14.2. The number of carboxylic acids is 1. The van der Waals surface area contributed by atoms with Gasteiger partial charge in [0.1, 0.15) is 23.6 Å². The molecule has 0 bridgehead atoms. The van der Waals surface area contributed by atoms with Crippen molar-refractivity contribution < 1.29 is 48.6 Å². The van der Waals surface area contributed by atoms with Crippen molar-refractivity contribution in [2.24, 2.45) is 51.6 Å². The van der Waals surface area contributed by atoms with Gasteiger partial charge in [0, 0.05) is 38.3 Å². The molecule has 2 rings (SSSR count). The second kappa shape index (κ2) is 24.9. The van der Waals surface area contributed by atoms with Gasteiger partial charge in [-0.05, 0) is 68.6 Å². The highest BCUT2D eigenvalue weighted by atomic mass is 16.4. The number of aliphatic carboxylic acids is 1. The Hall–Kier alpha value is -6.05. The summed E-state index contributed by atoms with van der Waals surface area (Å²) in [6.45, 7) is 8.49. The van der Waals surface area contributed by atoms with Gasteiger partial charge in [0.15, 0.2) is 11.7 Å². The smallest absolute Gasteiger partial charge is 0.339 e. The number of amides is 6. The second-order valence-electron chi connectivity index (χ2n) is 16.1. The van der Waals surface area contributed by atoms with Gasteiger partial charge in [0.05, 0.1) is 24.5 Å². The molecule has 61 heavy (non-hydrogen) atoms. The lowest BCUT2D eigenvalue weighted by Crippen LogP contribution is -2.60. The van der Waals surface area contributed by atoms with Crippen LogP contribution in [0.25, 0.3) is 0 Å². The van der Waals surface area contributed by atoms with Gasteiger partial charge in [-0.3, -0.25) is 44.0 Å². The highest BCUT2D eigenvalue weighted by molar-refractivity contribution is 5.96. The summed E-state index contributed by atoms with van der Waals surface area (Å²) >= 11 is 0. The molecule has 13 N–H and O–H groups in total. The van der Waals surface area contributed by atoms with E-state index in [4.69, 9.17) is 22.9 Å². The fourth-order valence-corrected chi connectivity index (χ4v) is 6.76. The lowest BCUT2D eigenvalue weighted by atomic mass is 9.88. The van der Waals surface area contributed by atoms with Crippen LogP contribution in [0.2, 0.25) is 0 Å². The highest BCUT2D eigenvalue weighted by Gasteiger charge is 2.39. The number of ketones is 2. The molecule has 0 aliphatic carbocycles. The third-order valence-corrected chi connectivity index (χ3v) is 10.0. The number of hydrazine groups is 1. The SMILES string of the molecule is CC(C)C[C@@H](CC(=O)[C@@H](CCC(=O)O)NC(=O)[C@@H](C(C)C)N1CC=CCN(NC(=O)[C@H](CC(=O)[C@H](N)CCCN=C(N)N)Cc2ccc(O)cc2)C1=O)C(=O)N[C@H](C)C(N)=O. The molecule has 1 aliphatic heterocycles. The minimum Gasteiger partial charge on any atom is -0.508 e. The Balaban J connectivity index is 2.36. The predicted molar refractivity (Wildman–Crippen MR) is 226 cm³/mol. The molecule has 0 saturated heterocycles. The lowest BCUT2D eigenvalue weighted by Gasteiger charge is -2.36. The molecule has 20 nitrogen and oxygen atoms in total. The van der Waals surface area contributed by atoms with E-state index in [9.17, 15) is 48.6 Å². The van der Waals surface area contributed by atoms with Crippen molar-refractivity contribution >= 4 is 53.2 Å². The number of phenolic OH excluding ortho intramolecular Hbond substituents is 1. The van der Waals surface area contributed by atoms with Crippen LogP contribution in [0.3, 0.4) is 0 Å². The van der Waals surface area contributed by atoms with E-state index in [-0.39, 0.29) is 75.8 Å². The number of hydrogen-bond acceptors (Lipinski definition) is 11. The number of carbonyl (C=O) groups is 8. The van der Waals surface area contributed by atoms with Gasteiger partial charge in [-0.1, -0.05) is 52.0 Å². The number of rotatable bonds is 26. The second-order valence-corrected chi connectivity index (χ2v) is 16.1. The highest BCUT2D eigenvalue weighted by Crippen LogP contribution is 2.22. The Bertz CT molecular complexity index is 1760. The molecule has 1 heterocycles. The Labute approximate surface area is 356 Å². The maximum Gasteiger partial charge on any atom is 0.339 e. The number of primary amides is 1. The van der Waals surface area contributed by atoms with Gasteiger partial charge in [-0.25, -0.2) is 9.80 Å². The predicted octanol–water partition coefficient (Wildman–Crippen LogP) is 0.202. The minimum absolute atomic E-state index is 0.00133. The van der Waals surface area contributed by atoms with Crippen molar-refractivity contribution in [1.29, 1.82) is 0 Å². The average Bonchev–Trinajstić information content (AvgIpc) is 3.34. The summed E-state index contributed by atoms with van der Waals surface area (Å²) in [6, 6.07) is 0.771. The Morgan fingerprint density at radius 2 is 1.44 bits per heavy atom. The number of benzene rings is 1. The van der Waals surface area contributed by atoms with Crippen molar-refractivity contribution in [3.05, 3.63) is 42.0 Å². The quantitative estimate of drug-likeness (QED) is 0.0261. The fourth-order valence-electron chi connectivity index (χ4n) is 6.76. The van der Waals surface area contributed by atoms with Gasteiger partial charge in [0.25, 0.3) is 0 Å². The normalized spacial score (nSPS) is 15.8. The minimum atomic E-state index is -1.36. The molecular formula is C41H64N10O10. The first-order valence-electron chi connectivity index (χ1n) is 20.4. The van der Waals surface area contributed by atoms with Crippen molar-refractivity contribution in [2.75, 3.05) is 19.6 Å². The van der Waals surface area contributed by atoms with Crippen LogP contribution in [0.5, 0.6) is 5.75 Å². The molecule has 0 aromatic heterocycles. The summed E-state index contributed by atoms with van der Waals surface area (Å²) in [5.74, 6) is -7.74. The summed E-state index contributed by atoms with van der Waals surface area (Å²) in [5, 5.41) is 25.4. The zero-order valence-corrected chi connectivity index (χ0v) is 35.7. The van der Waals surface area contributed by atoms with E-state index in [0.29, 0.717) is 12.0 Å². The molecular weight excluding hydrogens is 793 g/mol. The Morgan fingerprint density at radius 3 is 2.02 bits per heavy atom. The van der Waals surface area contributed by atoms with Gasteiger partial charge in [0.2, 0.25) is 23.6 Å². The Kier molecular flexibility index (Phi) is 20.9. The van der Waals surface area contributed by atoms with Gasteiger partial charge >= 0.3 is 12.0 Å². The molecule has 0 spiro atoms. The van der Waals surface area contributed by atoms with Crippen molar-refractivity contribution in [2.45, 2.75) is 110 Å². The first-order valence-corrected chi connectivity index (χ1v) is 20.4. The molecule has 0 saturated carbocycles. The first-order chi connectivity index (χ1) is 28.6. The summed E-state index contributed by atoms with van der Waals surface area (Å²) in [7, 11) is 0. The van der Waals surface area contributed by atoms with Crippen molar-refractivity contribution in [3.63, 3.8) is 0 Å². The number of carbonyl (C=O) groups excluding carboxylic acids is 7. The standard InChI is InChI=1S/C41H64N10O10/c1-23(2)19-27(37(58)47-25(5)36(43)57)22-33(54)31(14-15-34(55)56)48-39(60)35(24(3)4)50-17-6-7-18-51(41(50)61)49-38(59)28(20-26-10-12-29(52)13-11-26)21-32(53)30(42)9-8-16-46-40(44)45/h6-7,10-13,23-25,27-28,30-31,35,52H,8-9,14-22,42H2,1-5H3,(H2,43,57)(H,47,58)(H,48,60)(H,49,59)(H,55,56)(H4,44,45,46)/t25-,27+,28+,30-,31-,35-/m1/s1. The number of aliphatic imine (C=N–C) groups is 1. The van der Waals surface area contributed by atoms with Gasteiger partial charge in [-0.2, -0.15) is 0 Å². The molecule has 6 atom stereocenters. The van der Waals surface area contributed by atoms with E-state index in [0.717, 1.165) is 5.01 Å². The number of hydrogen-bond donors (Lipinski definition) is 9. The van der Waals surface area contributed by atoms with E-state index in [1.54, 1.807) is 38.1 Å². The van der Waals surface area contributed by atoms with E-state index in [1.807, 2.05) is 13.8 Å². The van der Waals surface area contributed by atoms with Gasteiger partial charge < -0.3 is 48.7 Å². The number of guanidine groups is 1. The van der Waals surface area contributed by atoms with Crippen LogP contribution in [0, 0.1) is 23.7 Å². The summed E-state index contributed by atoms with van der Waals surface area (Å²) in [5.41, 5.74) is 25.5. The van der Waals surface area contributed by atoms with Crippen LogP contribution in [0.4, 0.5) is 4.79 Å². The van der Waals surface area contributed by atoms with E-state index >= 15 is 0 Å². The number of urea groups is 1. The topological polar surface area (TPSA) is 336 Å². The monoisotopic (exact) mass is 856 g/mol. The van der Waals surface area contributed by atoms with Crippen LogP contribution in [-0.2, 0) is 40.0 Å². The Morgan fingerprint density at radius 1 is 0.820 bits per heavy atom. The average molecular weight is 857 g/mol. The molecule has 1 aliphatic rings. The third kappa shape index (κ3) is 17.6. The number of nitrogens with two attached hydrogens (primary N) is 4. The third-order valence-electron chi connectivity index (χ3n) is 10.0. The number of Topliss-reactive ketones (excluding diaryl/α,β-unsaturated/α-hetero) is 2. The molecule has 1 aromatic rings. The molecule has 20 heteroatoms. The number of nitrogens with zero attached hydrogens (tertiary/aromatic N) is 3. The molecule has 0 unspecified atom stereocenters. The zero-order chi connectivity index (χ0) is 46.0.